The zero-order valence-corrected chi connectivity index (χ0v) is 15.0. The zero-order chi connectivity index (χ0) is 18.2. The number of rotatable bonds is 6. The number of nitrogens with one attached hydrogen (secondary N) is 1. The summed E-state index contributed by atoms with van der Waals surface area (Å²) in [5.41, 5.74) is 5.45. The summed E-state index contributed by atoms with van der Waals surface area (Å²) in [5.74, 6) is 1.08. The summed E-state index contributed by atoms with van der Waals surface area (Å²) in [6.45, 7) is 1.00. The molecular formula is C12H21N4O7S2+. The Bertz CT molecular complexity index is 654. The minimum Gasteiger partial charge on any atom is -0.364 e. The number of hydrogen-bond acceptors (Lipinski definition) is 8. The summed E-state index contributed by atoms with van der Waals surface area (Å²) >= 11 is 1.75. The molecule has 3 fully saturated rings. The maximum absolute atomic E-state index is 12.8. The van der Waals surface area contributed by atoms with Crippen LogP contribution in [0.4, 0.5) is 4.79 Å². The number of fused-ring (bicyclic) bond motifs is 2. The minimum atomic E-state index is -4.87. The van der Waals surface area contributed by atoms with Gasteiger partial charge in [-0.15, -0.1) is 9.35 Å². The van der Waals surface area contributed by atoms with Gasteiger partial charge in [0, 0.05) is 30.5 Å². The summed E-state index contributed by atoms with van der Waals surface area (Å²) < 4.78 is 34.7. The van der Waals surface area contributed by atoms with Crippen molar-refractivity contribution in [2.24, 2.45) is 5.73 Å². The van der Waals surface area contributed by atoms with Crippen molar-refractivity contribution in [2.45, 2.75) is 31.0 Å². The minimum absolute atomic E-state index is 0.00416. The highest BCUT2D eigenvalue weighted by Crippen LogP contribution is 2.38. The molecule has 3 aliphatic heterocycles. The number of thioether (sulfide) groups is 1. The number of piperidine rings is 1. The molecule has 0 aromatic heterocycles. The van der Waals surface area contributed by atoms with Crippen LogP contribution in [0, 0.1) is 0 Å². The molecule has 2 bridgehead atoms. The van der Waals surface area contributed by atoms with Gasteiger partial charge in [0.05, 0.1) is 0 Å². The van der Waals surface area contributed by atoms with Crippen molar-refractivity contribution < 1.29 is 36.3 Å². The number of nitrogens with zero attached hydrogens (tertiary/aromatic N) is 2. The molecule has 0 saturated carbocycles. The van der Waals surface area contributed by atoms with Crippen LogP contribution in [0.25, 0.3) is 0 Å². The topological polar surface area (TPSA) is 148 Å². The molecule has 25 heavy (non-hydrogen) atoms. The molecular weight excluding hydrogens is 376 g/mol. The Morgan fingerprint density at radius 2 is 2.24 bits per heavy atom. The highest BCUT2D eigenvalue weighted by molar-refractivity contribution is 7.99. The van der Waals surface area contributed by atoms with Crippen molar-refractivity contribution in [1.82, 2.24) is 10.4 Å². The molecule has 3 aliphatic rings. The lowest BCUT2D eigenvalue weighted by molar-refractivity contribution is -1.05. The average Bonchev–Trinajstić information content (AvgIpc) is 2.74. The predicted molar refractivity (Wildman–Crippen MR) is 86.1 cm³/mol. The van der Waals surface area contributed by atoms with E-state index in [1.165, 1.54) is 0 Å². The van der Waals surface area contributed by atoms with E-state index in [0.29, 0.717) is 11.5 Å². The van der Waals surface area contributed by atoms with E-state index in [0.717, 1.165) is 18.1 Å². The van der Waals surface area contributed by atoms with E-state index in [9.17, 15) is 18.0 Å². The fraction of sp³-hybridized carbons (Fsp3) is 0.833. The maximum atomic E-state index is 12.8. The number of urea groups is 1. The van der Waals surface area contributed by atoms with E-state index >= 15 is 0 Å². The molecule has 4 atom stereocenters. The van der Waals surface area contributed by atoms with Crippen molar-refractivity contribution in [3.63, 3.8) is 0 Å². The molecule has 4 N–H and O–H groups in total. The number of nitrogens with two attached hydrogens (primary N) is 1. The van der Waals surface area contributed by atoms with Gasteiger partial charge in [-0.1, -0.05) is 4.65 Å². The highest BCUT2D eigenvalue weighted by atomic mass is 32.3. The van der Waals surface area contributed by atoms with E-state index < -0.39 is 39.1 Å². The molecule has 13 heteroatoms. The lowest BCUT2D eigenvalue weighted by atomic mass is 10.00. The first-order chi connectivity index (χ1) is 11.7. The van der Waals surface area contributed by atoms with Gasteiger partial charge >= 0.3 is 16.4 Å². The van der Waals surface area contributed by atoms with E-state index in [-0.39, 0.29) is 25.6 Å². The fourth-order valence-corrected chi connectivity index (χ4v) is 4.82. The second kappa shape index (κ2) is 6.98. The van der Waals surface area contributed by atoms with Crippen molar-refractivity contribution >= 4 is 34.1 Å². The molecule has 3 amide bonds. The van der Waals surface area contributed by atoms with Crippen LogP contribution in [-0.2, 0) is 24.3 Å². The largest absolute Gasteiger partial charge is 0.477 e. The third-order valence-electron chi connectivity index (χ3n) is 4.61. The van der Waals surface area contributed by atoms with E-state index in [1.54, 1.807) is 11.8 Å². The Balaban J connectivity index is 1.82. The molecule has 0 aromatic carbocycles. The molecule has 0 radical (unpaired) electrons. The smallest absolute Gasteiger partial charge is 0.364 e. The standard InChI is InChI=1S/C12H20N4O7S2/c13-11(17)10-2-1-9-5-16(10,12(18)15(9)23-25(19,20)21)22-6-8-7-24-4-3-14-8/h8-10,14H,1-7H2,(H2-,13,17,19,20,21)/p+1/t8?,9-,10+,16?/m1/s1. The highest BCUT2D eigenvalue weighted by Gasteiger charge is 2.65. The SMILES string of the molecule is NC(=O)[C@@H]1CC[C@@H]2C[N+]1(OCC1CSCCN1)C(=O)N2OS(=O)(=O)O. The van der Waals surface area contributed by atoms with Crippen LogP contribution in [-0.4, -0.2) is 83.9 Å². The molecule has 3 saturated heterocycles. The summed E-state index contributed by atoms with van der Waals surface area (Å²) in [5, 5.41) is 3.84. The second-order valence-electron chi connectivity index (χ2n) is 6.26. The van der Waals surface area contributed by atoms with Gasteiger partial charge in [0.2, 0.25) is 6.04 Å². The molecule has 11 nitrogen and oxygen atoms in total. The molecule has 0 aliphatic carbocycles. The summed E-state index contributed by atoms with van der Waals surface area (Å²) in [4.78, 5) is 30.5. The number of hydrogen-bond donors (Lipinski definition) is 3. The first-order valence-electron chi connectivity index (χ1n) is 7.86. The lowest BCUT2D eigenvalue weighted by Crippen LogP contribution is -2.64. The molecule has 3 heterocycles. The van der Waals surface area contributed by atoms with Crippen molar-refractivity contribution in [3.05, 3.63) is 0 Å². The second-order valence-corrected chi connectivity index (χ2v) is 8.41. The van der Waals surface area contributed by atoms with E-state index in [4.69, 9.17) is 15.1 Å². The Morgan fingerprint density at radius 3 is 2.84 bits per heavy atom. The number of hydroxylamine groups is 5. The van der Waals surface area contributed by atoms with Crippen molar-refractivity contribution in [2.75, 3.05) is 31.2 Å². The first-order valence-corrected chi connectivity index (χ1v) is 10.4. The monoisotopic (exact) mass is 397 g/mol. The van der Waals surface area contributed by atoms with Crippen LogP contribution in [0.15, 0.2) is 0 Å². The fourth-order valence-electron chi connectivity index (χ4n) is 3.51. The molecule has 142 valence electrons. The Kier molecular flexibility index (Phi) is 5.26. The number of carbonyl (C=O) groups is 2. The van der Waals surface area contributed by atoms with Crippen molar-refractivity contribution in [1.29, 1.82) is 0 Å². The molecule has 3 rings (SSSR count). The van der Waals surface area contributed by atoms with Crippen LogP contribution >= 0.6 is 11.8 Å². The van der Waals surface area contributed by atoms with Crippen LogP contribution in [0.1, 0.15) is 12.8 Å². The van der Waals surface area contributed by atoms with Crippen LogP contribution in [0.5, 0.6) is 0 Å². The van der Waals surface area contributed by atoms with Gasteiger partial charge in [-0.2, -0.15) is 25.0 Å². The van der Waals surface area contributed by atoms with Crippen LogP contribution in [0.3, 0.4) is 0 Å². The third-order valence-corrected chi connectivity index (χ3v) is 6.09. The van der Waals surface area contributed by atoms with Crippen LogP contribution < -0.4 is 11.1 Å². The van der Waals surface area contributed by atoms with Crippen molar-refractivity contribution in [3.8, 4) is 0 Å². The average molecular weight is 397 g/mol. The number of amides is 3. The van der Waals surface area contributed by atoms with Crippen LogP contribution in [0.2, 0.25) is 0 Å². The maximum Gasteiger partial charge on any atom is 0.477 e. The summed E-state index contributed by atoms with van der Waals surface area (Å²) in [6, 6.07) is -2.41. The first kappa shape index (κ1) is 18.8. The predicted octanol–water partition coefficient (Wildman–Crippen LogP) is -1.37. The van der Waals surface area contributed by atoms with Gasteiger partial charge in [-0.25, -0.2) is 4.79 Å². The Hall–Kier alpha value is -0.960. The zero-order valence-electron chi connectivity index (χ0n) is 13.4. The molecule has 2 unspecified atom stereocenters. The van der Waals surface area contributed by atoms with Gasteiger partial charge in [0.15, 0.2) is 0 Å². The molecule has 0 aromatic rings. The third kappa shape index (κ3) is 3.77. The quantitative estimate of drug-likeness (QED) is 0.364. The Morgan fingerprint density at radius 1 is 1.48 bits per heavy atom. The number of carbonyl (C=O) groups excluding carboxylic acids is 2. The van der Waals surface area contributed by atoms with E-state index in [1.807, 2.05) is 0 Å². The number of primary amides is 1. The number of quaternary nitrogens is 1. The van der Waals surface area contributed by atoms with Gasteiger partial charge in [0.25, 0.3) is 5.91 Å². The van der Waals surface area contributed by atoms with Gasteiger partial charge in [-0.05, 0) is 6.42 Å². The van der Waals surface area contributed by atoms with Gasteiger partial charge in [0.1, 0.15) is 19.2 Å². The lowest BCUT2D eigenvalue weighted by Gasteiger charge is -2.36. The molecule has 0 spiro atoms. The summed E-state index contributed by atoms with van der Waals surface area (Å²) in [7, 11) is -4.87. The normalized spacial score (nSPS) is 35.8. The Labute approximate surface area is 149 Å². The van der Waals surface area contributed by atoms with E-state index in [2.05, 4.69) is 9.60 Å². The van der Waals surface area contributed by atoms with Gasteiger partial charge < -0.3 is 11.1 Å². The van der Waals surface area contributed by atoms with Gasteiger partial charge in [-0.3, -0.25) is 9.35 Å². The summed E-state index contributed by atoms with van der Waals surface area (Å²) in [6.07, 6.45) is 0.569.